The van der Waals surface area contributed by atoms with E-state index in [9.17, 15) is 0 Å². The number of halogens is 1. The topological polar surface area (TPSA) is 15.3 Å². The molecule has 0 saturated carbocycles. The number of rotatable bonds is 4. The van der Waals surface area contributed by atoms with Gasteiger partial charge in [-0.05, 0) is 40.2 Å². The maximum atomic E-state index is 5.91. The highest BCUT2D eigenvalue weighted by Crippen LogP contribution is 2.18. The van der Waals surface area contributed by atoms with Crippen molar-refractivity contribution in [3.63, 3.8) is 0 Å². The van der Waals surface area contributed by atoms with Gasteiger partial charge >= 0.3 is 0 Å². The Hall–Kier alpha value is -0.0500. The summed E-state index contributed by atoms with van der Waals surface area (Å²) in [7, 11) is 0. The van der Waals surface area contributed by atoms with E-state index in [-0.39, 0.29) is 5.54 Å². The van der Waals surface area contributed by atoms with Gasteiger partial charge in [0.25, 0.3) is 0 Å². The van der Waals surface area contributed by atoms with Crippen LogP contribution in [0.3, 0.4) is 0 Å². The first kappa shape index (κ1) is 14.0. The Kier molecular flexibility index (Phi) is 5.29. The van der Waals surface area contributed by atoms with E-state index in [2.05, 4.69) is 37.6 Å². The molecule has 1 N–H and O–H groups in total. The first-order chi connectivity index (χ1) is 7.38. The summed E-state index contributed by atoms with van der Waals surface area (Å²) in [5.41, 5.74) is 0.196. The first-order valence-corrected chi connectivity index (χ1v) is 6.58. The molecule has 1 aliphatic rings. The lowest BCUT2D eigenvalue weighted by molar-refractivity contribution is 0.153. The van der Waals surface area contributed by atoms with Crippen LogP contribution >= 0.6 is 11.6 Å². The molecule has 2 nitrogen and oxygen atoms in total. The van der Waals surface area contributed by atoms with Crippen LogP contribution in [0.15, 0.2) is 11.6 Å². The van der Waals surface area contributed by atoms with Crippen LogP contribution in [0.1, 0.15) is 40.0 Å². The van der Waals surface area contributed by atoms with Crippen LogP contribution in [0, 0.1) is 0 Å². The smallest absolute Gasteiger partial charge is 0.0339 e. The van der Waals surface area contributed by atoms with Crippen LogP contribution in [-0.4, -0.2) is 36.1 Å². The van der Waals surface area contributed by atoms with Gasteiger partial charge < -0.3 is 5.32 Å². The molecule has 1 unspecified atom stereocenters. The van der Waals surface area contributed by atoms with Gasteiger partial charge in [0.2, 0.25) is 0 Å². The van der Waals surface area contributed by atoms with E-state index < -0.39 is 0 Å². The quantitative estimate of drug-likeness (QED) is 0.818. The molecular formula is C13H25ClN2. The number of nitrogens with one attached hydrogen (secondary N) is 1. The predicted molar refractivity (Wildman–Crippen MR) is 72.0 cm³/mol. The van der Waals surface area contributed by atoms with Crippen LogP contribution < -0.4 is 5.32 Å². The highest BCUT2D eigenvalue weighted by molar-refractivity contribution is 6.29. The number of piperidine rings is 1. The van der Waals surface area contributed by atoms with Crippen molar-refractivity contribution < 1.29 is 0 Å². The van der Waals surface area contributed by atoms with Crippen LogP contribution in [0.2, 0.25) is 0 Å². The standard InChI is InChI=1S/C13H25ClN2/c1-11(14)10-16-8-6-5-7-12(16)9-15-13(2,3)4/h12,15H,1,5-10H2,2-4H3. The molecule has 3 heteroatoms. The fourth-order valence-electron chi connectivity index (χ4n) is 2.14. The molecule has 0 amide bonds. The zero-order chi connectivity index (χ0) is 12.2. The molecule has 0 aliphatic carbocycles. The monoisotopic (exact) mass is 244 g/mol. The molecule has 0 aromatic heterocycles. The first-order valence-electron chi connectivity index (χ1n) is 6.21. The normalized spacial score (nSPS) is 23.4. The Balaban J connectivity index is 2.44. The summed E-state index contributed by atoms with van der Waals surface area (Å²) in [6.45, 7) is 13.5. The molecule has 1 rings (SSSR count). The number of nitrogens with zero attached hydrogens (tertiary/aromatic N) is 1. The molecule has 1 aliphatic heterocycles. The summed E-state index contributed by atoms with van der Waals surface area (Å²) in [6.07, 6.45) is 3.89. The summed E-state index contributed by atoms with van der Waals surface area (Å²) in [5, 5.41) is 4.33. The summed E-state index contributed by atoms with van der Waals surface area (Å²) in [5.74, 6) is 0. The van der Waals surface area contributed by atoms with Crippen LogP contribution in [-0.2, 0) is 0 Å². The van der Waals surface area contributed by atoms with Gasteiger partial charge in [-0.25, -0.2) is 0 Å². The number of hydrogen-bond donors (Lipinski definition) is 1. The highest BCUT2D eigenvalue weighted by atomic mass is 35.5. The van der Waals surface area contributed by atoms with Crippen LogP contribution in [0.5, 0.6) is 0 Å². The van der Waals surface area contributed by atoms with E-state index in [4.69, 9.17) is 11.6 Å². The van der Waals surface area contributed by atoms with E-state index >= 15 is 0 Å². The SMILES string of the molecule is C=C(Cl)CN1CCCCC1CNC(C)(C)C. The minimum Gasteiger partial charge on any atom is -0.311 e. The van der Waals surface area contributed by atoms with Gasteiger partial charge in [0.15, 0.2) is 0 Å². The zero-order valence-corrected chi connectivity index (χ0v) is 11.6. The second kappa shape index (κ2) is 6.04. The van der Waals surface area contributed by atoms with Crippen LogP contribution in [0.4, 0.5) is 0 Å². The summed E-state index contributed by atoms with van der Waals surface area (Å²) in [4.78, 5) is 2.46. The lowest BCUT2D eigenvalue weighted by atomic mass is 10.0. The molecule has 0 aromatic carbocycles. The molecule has 0 aromatic rings. The Bertz CT molecular complexity index is 233. The van der Waals surface area contributed by atoms with E-state index in [0.717, 1.165) is 24.7 Å². The van der Waals surface area contributed by atoms with E-state index in [1.54, 1.807) is 0 Å². The molecule has 16 heavy (non-hydrogen) atoms. The zero-order valence-electron chi connectivity index (χ0n) is 10.9. The second-order valence-electron chi connectivity index (χ2n) is 5.77. The van der Waals surface area contributed by atoms with E-state index in [0.29, 0.717) is 6.04 Å². The Morgan fingerprint density at radius 3 is 2.69 bits per heavy atom. The Morgan fingerprint density at radius 1 is 1.44 bits per heavy atom. The van der Waals surface area contributed by atoms with Crippen molar-refractivity contribution in [2.45, 2.75) is 51.6 Å². The lowest BCUT2D eigenvalue weighted by Crippen LogP contribution is -2.49. The summed E-state index contributed by atoms with van der Waals surface area (Å²) in [6, 6.07) is 0.614. The van der Waals surface area contributed by atoms with Gasteiger partial charge in [-0.2, -0.15) is 0 Å². The number of likely N-dealkylation sites (tertiary alicyclic amines) is 1. The van der Waals surface area contributed by atoms with Crippen molar-refractivity contribution in [2.75, 3.05) is 19.6 Å². The Morgan fingerprint density at radius 2 is 2.12 bits per heavy atom. The minimum absolute atomic E-state index is 0.196. The highest BCUT2D eigenvalue weighted by Gasteiger charge is 2.23. The average Bonchev–Trinajstić information content (AvgIpc) is 2.14. The molecule has 1 heterocycles. The molecular weight excluding hydrogens is 220 g/mol. The third kappa shape index (κ3) is 5.33. The lowest BCUT2D eigenvalue weighted by Gasteiger charge is -2.37. The summed E-state index contributed by atoms with van der Waals surface area (Å²) < 4.78 is 0. The maximum Gasteiger partial charge on any atom is 0.0339 e. The third-order valence-electron chi connectivity index (χ3n) is 2.99. The van der Waals surface area contributed by atoms with E-state index in [1.807, 2.05) is 0 Å². The fourth-order valence-corrected chi connectivity index (χ4v) is 2.30. The van der Waals surface area contributed by atoms with Gasteiger partial charge in [0, 0.05) is 29.7 Å². The molecule has 1 atom stereocenters. The molecule has 0 spiro atoms. The predicted octanol–water partition coefficient (Wildman–Crippen LogP) is 2.98. The van der Waals surface area contributed by atoms with Crippen molar-refractivity contribution in [3.05, 3.63) is 11.6 Å². The second-order valence-corrected chi connectivity index (χ2v) is 6.30. The van der Waals surface area contributed by atoms with Crippen molar-refractivity contribution >= 4 is 11.6 Å². The average molecular weight is 245 g/mol. The molecule has 0 radical (unpaired) electrons. The molecule has 1 fully saturated rings. The number of hydrogen-bond acceptors (Lipinski definition) is 2. The fraction of sp³-hybridized carbons (Fsp3) is 0.846. The minimum atomic E-state index is 0.196. The van der Waals surface area contributed by atoms with Gasteiger partial charge in [0.1, 0.15) is 0 Å². The van der Waals surface area contributed by atoms with Crippen molar-refractivity contribution in [2.24, 2.45) is 0 Å². The maximum absolute atomic E-state index is 5.91. The summed E-state index contributed by atoms with van der Waals surface area (Å²) >= 11 is 5.91. The molecule has 1 saturated heterocycles. The van der Waals surface area contributed by atoms with Gasteiger partial charge in [0.05, 0.1) is 0 Å². The van der Waals surface area contributed by atoms with E-state index in [1.165, 1.54) is 19.3 Å². The van der Waals surface area contributed by atoms with Crippen LogP contribution in [0.25, 0.3) is 0 Å². The third-order valence-corrected chi connectivity index (χ3v) is 3.11. The van der Waals surface area contributed by atoms with Crippen molar-refractivity contribution in [1.82, 2.24) is 10.2 Å². The molecule has 0 bridgehead atoms. The van der Waals surface area contributed by atoms with Gasteiger partial charge in [-0.15, -0.1) is 0 Å². The molecule has 94 valence electrons. The largest absolute Gasteiger partial charge is 0.311 e. The van der Waals surface area contributed by atoms with Crippen molar-refractivity contribution in [1.29, 1.82) is 0 Å². The Labute approximate surface area is 105 Å². The van der Waals surface area contributed by atoms with Gasteiger partial charge in [-0.3, -0.25) is 4.90 Å². The van der Waals surface area contributed by atoms with Crippen molar-refractivity contribution in [3.8, 4) is 0 Å². The van der Waals surface area contributed by atoms with Gasteiger partial charge in [-0.1, -0.05) is 24.6 Å².